The summed E-state index contributed by atoms with van der Waals surface area (Å²) >= 11 is 7.91. The maximum Gasteiger partial charge on any atom is 0.171 e. The maximum absolute atomic E-state index is 6.14. The minimum absolute atomic E-state index is 0.144. The Morgan fingerprint density at radius 2 is 2.14 bits per heavy atom. The third-order valence-corrected chi connectivity index (χ3v) is 4.49. The molecule has 0 aliphatic carbocycles. The van der Waals surface area contributed by atoms with E-state index < -0.39 is 0 Å². The van der Waals surface area contributed by atoms with E-state index in [1.807, 2.05) is 24.3 Å². The number of aromatic nitrogens is 2. The van der Waals surface area contributed by atoms with E-state index in [9.17, 15) is 0 Å². The predicted molar refractivity (Wildman–Crippen MR) is 86.1 cm³/mol. The van der Waals surface area contributed by atoms with Gasteiger partial charge in [-0.05, 0) is 30.5 Å². The van der Waals surface area contributed by atoms with Gasteiger partial charge in [0.25, 0.3) is 0 Å². The summed E-state index contributed by atoms with van der Waals surface area (Å²) in [6.45, 7) is 4.33. The number of rotatable bonds is 3. The van der Waals surface area contributed by atoms with Crippen LogP contribution in [0.2, 0.25) is 5.15 Å². The van der Waals surface area contributed by atoms with Crippen LogP contribution in [0.5, 0.6) is 5.75 Å². The first-order valence-electron chi connectivity index (χ1n) is 7.03. The molecule has 0 amide bonds. The fraction of sp³-hybridized carbons (Fsp3) is 0.375. The molecule has 21 heavy (non-hydrogen) atoms. The van der Waals surface area contributed by atoms with Gasteiger partial charge in [-0.3, -0.25) is 0 Å². The van der Waals surface area contributed by atoms with Crippen molar-refractivity contribution < 1.29 is 4.74 Å². The molecule has 0 bridgehead atoms. The Balaban J connectivity index is 1.86. The van der Waals surface area contributed by atoms with E-state index in [2.05, 4.69) is 29.9 Å². The van der Waals surface area contributed by atoms with E-state index in [1.165, 1.54) is 0 Å². The fourth-order valence-electron chi connectivity index (χ4n) is 2.30. The molecule has 2 heterocycles. The lowest BCUT2D eigenvalue weighted by Crippen LogP contribution is -2.18. The standard InChI is InChI=1S/C16H17ClN2OS/c1-10(2)7-11-8-15(17)19-16(18-11)13-9-21-14-6-4-3-5-12(14)20-13/h3-6,8,10,13H,7,9H2,1-2H3. The Morgan fingerprint density at radius 1 is 1.33 bits per heavy atom. The lowest BCUT2D eigenvalue weighted by Gasteiger charge is -2.24. The van der Waals surface area contributed by atoms with Crippen molar-refractivity contribution in [2.24, 2.45) is 5.92 Å². The summed E-state index contributed by atoms with van der Waals surface area (Å²) in [5, 5.41) is 0.489. The largest absolute Gasteiger partial charge is 0.480 e. The minimum atomic E-state index is -0.144. The molecule has 1 aliphatic heterocycles. The van der Waals surface area contributed by atoms with Crippen LogP contribution in [0, 0.1) is 5.92 Å². The first kappa shape index (κ1) is 14.7. The molecule has 3 nitrogen and oxygen atoms in total. The normalized spacial score (nSPS) is 17.4. The van der Waals surface area contributed by atoms with E-state index in [1.54, 1.807) is 11.8 Å². The molecule has 1 aromatic carbocycles. The summed E-state index contributed by atoms with van der Waals surface area (Å²) in [5.41, 5.74) is 0.979. The second-order valence-corrected chi connectivity index (χ2v) is 6.95. The Morgan fingerprint density at radius 3 is 2.95 bits per heavy atom. The zero-order valence-corrected chi connectivity index (χ0v) is 13.6. The van der Waals surface area contributed by atoms with Gasteiger partial charge in [0.15, 0.2) is 11.9 Å². The van der Waals surface area contributed by atoms with Crippen LogP contribution in [-0.2, 0) is 6.42 Å². The average molecular weight is 321 g/mol. The molecule has 1 atom stereocenters. The number of nitrogens with zero attached hydrogens (tertiary/aromatic N) is 2. The Bertz CT molecular complexity index is 648. The predicted octanol–water partition coefficient (Wildman–Crippen LogP) is 4.55. The lowest BCUT2D eigenvalue weighted by atomic mass is 10.1. The van der Waals surface area contributed by atoms with Crippen LogP contribution in [0.15, 0.2) is 35.2 Å². The van der Waals surface area contributed by atoms with E-state index in [0.717, 1.165) is 28.5 Å². The van der Waals surface area contributed by atoms with Crippen LogP contribution < -0.4 is 4.74 Å². The average Bonchev–Trinajstić information content (AvgIpc) is 2.45. The minimum Gasteiger partial charge on any atom is -0.480 e. The van der Waals surface area contributed by atoms with Crippen molar-refractivity contribution in [3.63, 3.8) is 0 Å². The van der Waals surface area contributed by atoms with Gasteiger partial charge in [-0.25, -0.2) is 9.97 Å². The molecule has 2 aromatic rings. The third-order valence-electron chi connectivity index (χ3n) is 3.18. The highest BCUT2D eigenvalue weighted by molar-refractivity contribution is 7.99. The number of hydrogen-bond acceptors (Lipinski definition) is 4. The van der Waals surface area contributed by atoms with Crippen molar-refractivity contribution >= 4 is 23.4 Å². The van der Waals surface area contributed by atoms with E-state index in [0.29, 0.717) is 16.9 Å². The molecule has 0 saturated carbocycles. The van der Waals surface area contributed by atoms with Gasteiger partial charge in [-0.15, -0.1) is 11.8 Å². The molecular formula is C16H17ClN2OS. The molecule has 0 fully saturated rings. The number of ether oxygens (including phenoxy) is 1. The van der Waals surface area contributed by atoms with Gasteiger partial charge in [0.1, 0.15) is 10.9 Å². The second-order valence-electron chi connectivity index (χ2n) is 5.50. The molecule has 0 spiro atoms. The van der Waals surface area contributed by atoms with Gasteiger partial charge in [0.2, 0.25) is 0 Å². The molecule has 0 saturated heterocycles. The maximum atomic E-state index is 6.14. The van der Waals surface area contributed by atoms with Gasteiger partial charge in [-0.1, -0.05) is 37.6 Å². The van der Waals surface area contributed by atoms with Crippen molar-refractivity contribution in [3.8, 4) is 5.75 Å². The van der Waals surface area contributed by atoms with Gasteiger partial charge in [0, 0.05) is 16.3 Å². The fourth-order valence-corrected chi connectivity index (χ4v) is 3.49. The van der Waals surface area contributed by atoms with Crippen molar-refractivity contribution in [1.29, 1.82) is 0 Å². The van der Waals surface area contributed by atoms with E-state index in [4.69, 9.17) is 16.3 Å². The molecule has 1 unspecified atom stereocenters. The number of para-hydroxylation sites is 1. The van der Waals surface area contributed by atoms with Gasteiger partial charge in [-0.2, -0.15) is 0 Å². The van der Waals surface area contributed by atoms with Crippen molar-refractivity contribution in [2.45, 2.75) is 31.3 Å². The highest BCUT2D eigenvalue weighted by Crippen LogP contribution is 2.39. The summed E-state index contributed by atoms with van der Waals surface area (Å²) in [7, 11) is 0. The molecule has 3 rings (SSSR count). The van der Waals surface area contributed by atoms with Crippen LogP contribution in [0.4, 0.5) is 0 Å². The summed E-state index contributed by atoms with van der Waals surface area (Å²) < 4.78 is 6.03. The van der Waals surface area contributed by atoms with Crippen LogP contribution in [0.3, 0.4) is 0 Å². The third kappa shape index (κ3) is 3.50. The lowest BCUT2D eigenvalue weighted by molar-refractivity contribution is 0.210. The first-order chi connectivity index (χ1) is 10.1. The van der Waals surface area contributed by atoms with E-state index >= 15 is 0 Å². The Labute approximate surface area is 134 Å². The molecule has 0 N–H and O–H groups in total. The first-order valence-corrected chi connectivity index (χ1v) is 8.40. The number of halogens is 1. The van der Waals surface area contributed by atoms with Crippen molar-refractivity contribution in [1.82, 2.24) is 9.97 Å². The smallest absolute Gasteiger partial charge is 0.171 e. The summed E-state index contributed by atoms with van der Waals surface area (Å²) in [4.78, 5) is 10.2. The molecule has 1 aromatic heterocycles. The molecule has 1 aliphatic rings. The Hall–Kier alpha value is -1.26. The number of benzene rings is 1. The topological polar surface area (TPSA) is 35.0 Å². The van der Waals surface area contributed by atoms with Crippen molar-refractivity contribution in [3.05, 3.63) is 47.0 Å². The molecule has 0 radical (unpaired) electrons. The zero-order chi connectivity index (χ0) is 14.8. The summed E-state index contributed by atoms with van der Waals surface area (Å²) in [5.74, 6) is 2.91. The van der Waals surface area contributed by atoms with E-state index in [-0.39, 0.29) is 6.10 Å². The number of hydrogen-bond donors (Lipinski definition) is 0. The van der Waals surface area contributed by atoms with Crippen molar-refractivity contribution in [2.75, 3.05) is 5.75 Å². The highest BCUT2D eigenvalue weighted by Gasteiger charge is 2.24. The van der Waals surface area contributed by atoms with Gasteiger partial charge < -0.3 is 4.74 Å². The van der Waals surface area contributed by atoms with Gasteiger partial charge >= 0.3 is 0 Å². The molecular weight excluding hydrogens is 304 g/mol. The van der Waals surface area contributed by atoms with Gasteiger partial charge in [0.05, 0.1) is 0 Å². The van der Waals surface area contributed by atoms with Crippen LogP contribution in [0.1, 0.15) is 31.5 Å². The molecule has 110 valence electrons. The highest BCUT2D eigenvalue weighted by atomic mass is 35.5. The summed E-state index contributed by atoms with van der Waals surface area (Å²) in [6, 6.07) is 9.89. The van der Waals surface area contributed by atoms with Crippen LogP contribution in [0.25, 0.3) is 0 Å². The van der Waals surface area contributed by atoms with Crippen LogP contribution in [-0.4, -0.2) is 15.7 Å². The second kappa shape index (κ2) is 6.24. The number of fused-ring (bicyclic) bond motifs is 1. The zero-order valence-electron chi connectivity index (χ0n) is 12.0. The summed E-state index contributed by atoms with van der Waals surface area (Å²) in [6.07, 6.45) is 0.751. The SMILES string of the molecule is CC(C)Cc1cc(Cl)nc(C2CSc3ccccc3O2)n1. The quantitative estimate of drug-likeness (QED) is 0.777. The van der Waals surface area contributed by atoms with Crippen LogP contribution >= 0.6 is 23.4 Å². The molecule has 5 heteroatoms. The monoisotopic (exact) mass is 320 g/mol. The number of thioether (sulfide) groups is 1. The Kier molecular flexibility index (Phi) is 4.36.